The van der Waals surface area contributed by atoms with Crippen molar-refractivity contribution in [3.63, 3.8) is 0 Å². The van der Waals surface area contributed by atoms with Crippen molar-refractivity contribution in [2.24, 2.45) is 0 Å². The van der Waals surface area contributed by atoms with Crippen LogP contribution in [-0.4, -0.2) is 24.3 Å². The van der Waals surface area contributed by atoms with Crippen molar-refractivity contribution in [1.29, 1.82) is 0 Å². The predicted octanol–water partition coefficient (Wildman–Crippen LogP) is 2.32. The van der Waals surface area contributed by atoms with Gasteiger partial charge in [0.05, 0.1) is 6.10 Å². The van der Waals surface area contributed by atoms with Crippen LogP contribution in [0.1, 0.15) is 32.8 Å². The normalized spacial score (nSPS) is 13.8. The molecule has 0 saturated carbocycles. The van der Waals surface area contributed by atoms with Gasteiger partial charge in [-0.15, -0.1) is 0 Å². The first kappa shape index (κ1) is 13.2. The monoisotopic (exact) mass is 221 g/mol. The topological polar surface area (TPSA) is 32.3 Å². The van der Waals surface area contributed by atoms with Crippen LogP contribution in [0.2, 0.25) is 0 Å². The van der Waals surface area contributed by atoms with Crippen molar-refractivity contribution in [3.05, 3.63) is 35.9 Å². The van der Waals surface area contributed by atoms with Crippen LogP contribution >= 0.6 is 0 Å². The van der Waals surface area contributed by atoms with Crippen LogP contribution in [0, 0.1) is 0 Å². The summed E-state index contributed by atoms with van der Waals surface area (Å²) in [5, 5.41) is 12.8. The van der Waals surface area contributed by atoms with Crippen LogP contribution in [0.15, 0.2) is 30.3 Å². The fraction of sp³-hybridized carbons (Fsp3) is 0.571. The van der Waals surface area contributed by atoms with Crippen LogP contribution < -0.4 is 5.32 Å². The molecule has 1 aromatic rings. The maximum absolute atomic E-state index is 9.46. The van der Waals surface area contributed by atoms with Gasteiger partial charge < -0.3 is 10.4 Å². The number of hydrogen-bond donors (Lipinski definition) is 2. The fourth-order valence-corrected chi connectivity index (χ4v) is 1.69. The van der Waals surface area contributed by atoms with Gasteiger partial charge in [0.1, 0.15) is 0 Å². The quantitative estimate of drug-likeness (QED) is 0.772. The third-order valence-electron chi connectivity index (χ3n) is 2.97. The van der Waals surface area contributed by atoms with Crippen molar-refractivity contribution in [1.82, 2.24) is 5.32 Å². The summed E-state index contributed by atoms with van der Waals surface area (Å²) in [6.45, 7) is 7.98. The lowest BCUT2D eigenvalue weighted by Crippen LogP contribution is -2.36. The summed E-state index contributed by atoms with van der Waals surface area (Å²) < 4.78 is 0. The molecule has 0 radical (unpaired) electrons. The van der Waals surface area contributed by atoms with E-state index in [1.807, 2.05) is 13.0 Å². The molecule has 2 heteroatoms. The molecule has 1 atom stereocenters. The number of aliphatic hydroxyl groups is 1. The summed E-state index contributed by atoms with van der Waals surface area (Å²) in [6.07, 6.45) is 0.574. The highest BCUT2D eigenvalue weighted by Crippen LogP contribution is 2.21. The first-order valence-corrected chi connectivity index (χ1v) is 6.00. The highest BCUT2D eigenvalue weighted by molar-refractivity contribution is 5.23. The second kappa shape index (κ2) is 6.02. The largest absolute Gasteiger partial charge is 0.392 e. The van der Waals surface area contributed by atoms with Crippen LogP contribution in [0.3, 0.4) is 0 Å². The Morgan fingerprint density at radius 3 is 2.44 bits per heavy atom. The van der Waals surface area contributed by atoms with Crippen molar-refractivity contribution >= 4 is 0 Å². The molecule has 0 fully saturated rings. The summed E-state index contributed by atoms with van der Waals surface area (Å²) in [5.74, 6) is 0. The van der Waals surface area contributed by atoms with E-state index in [1.165, 1.54) is 5.56 Å². The average Bonchev–Trinajstić information content (AvgIpc) is 2.30. The Morgan fingerprint density at radius 2 is 1.88 bits per heavy atom. The lowest BCUT2D eigenvalue weighted by Gasteiger charge is -2.26. The van der Waals surface area contributed by atoms with Gasteiger partial charge in [-0.2, -0.15) is 0 Å². The van der Waals surface area contributed by atoms with E-state index in [9.17, 15) is 5.11 Å². The first-order chi connectivity index (χ1) is 7.56. The SMILES string of the molecule is CCC(O)CNCC(C)(C)c1ccccc1. The zero-order valence-electron chi connectivity index (χ0n) is 10.5. The first-order valence-electron chi connectivity index (χ1n) is 6.00. The van der Waals surface area contributed by atoms with Crippen LogP contribution in [-0.2, 0) is 5.41 Å². The second-order valence-electron chi connectivity index (χ2n) is 4.94. The molecule has 0 bridgehead atoms. The molecule has 0 aliphatic carbocycles. The molecule has 0 aliphatic heterocycles. The van der Waals surface area contributed by atoms with E-state index in [0.29, 0.717) is 6.54 Å². The Hall–Kier alpha value is -0.860. The lowest BCUT2D eigenvalue weighted by molar-refractivity contribution is 0.165. The average molecular weight is 221 g/mol. The summed E-state index contributed by atoms with van der Waals surface area (Å²) in [6, 6.07) is 10.5. The van der Waals surface area contributed by atoms with E-state index in [4.69, 9.17) is 0 Å². The highest BCUT2D eigenvalue weighted by atomic mass is 16.3. The highest BCUT2D eigenvalue weighted by Gasteiger charge is 2.19. The van der Waals surface area contributed by atoms with Crippen molar-refractivity contribution in [3.8, 4) is 0 Å². The number of hydrogen-bond acceptors (Lipinski definition) is 2. The lowest BCUT2D eigenvalue weighted by atomic mass is 9.84. The molecule has 2 nitrogen and oxygen atoms in total. The van der Waals surface area contributed by atoms with Gasteiger partial charge in [-0.05, 0) is 12.0 Å². The number of nitrogens with one attached hydrogen (secondary N) is 1. The standard InChI is InChI=1S/C14H23NO/c1-4-13(16)10-15-11-14(2,3)12-8-6-5-7-9-12/h5-9,13,15-16H,4,10-11H2,1-3H3. The van der Waals surface area contributed by atoms with Gasteiger partial charge in [0.2, 0.25) is 0 Å². The van der Waals surface area contributed by atoms with Gasteiger partial charge in [-0.25, -0.2) is 0 Å². The Bertz CT molecular complexity index is 295. The minimum Gasteiger partial charge on any atom is -0.392 e. The van der Waals surface area contributed by atoms with E-state index in [-0.39, 0.29) is 11.5 Å². The zero-order chi connectivity index (χ0) is 12.0. The summed E-state index contributed by atoms with van der Waals surface area (Å²) in [5.41, 5.74) is 1.43. The molecule has 90 valence electrons. The molecular weight excluding hydrogens is 198 g/mol. The third kappa shape index (κ3) is 3.95. The van der Waals surface area contributed by atoms with Crippen molar-refractivity contribution in [2.45, 2.75) is 38.7 Å². The maximum Gasteiger partial charge on any atom is 0.0662 e. The molecule has 1 aromatic carbocycles. The van der Waals surface area contributed by atoms with Gasteiger partial charge in [0.15, 0.2) is 0 Å². The molecule has 0 heterocycles. The van der Waals surface area contributed by atoms with Gasteiger partial charge in [-0.1, -0.05) is 51.1 Å². The predicted molar refractivity (Wildman–Crippen MR) is 68.6 cm³/mol. The molecule has 1 unspecified atom stereocenters. The van der Waals surface area contributed by atoms with Crippen LogP contribution in [0.4, 0.5) is 0 Å². The Balaban J connectivity index is 2.46. The molecule has 0 aliphatic rings. The minimum absolute atomic E-state index is 0.106. The zero-order valence-corrected chi connectivity index (χ0v) is 10.5. The van der Waals surface area contributed by atoms with Crippen LogP contribution in [0.5, 0.6) is 0 Å². The molecule has 0 aromatic heterocycles. The van der Waals surface area contributed by atoms with Crippen molar-refractivity contribution < 1.29 is 5.11 Å². The van der Waals surface area contributed by atoms with Gasteiger partial charge in [0, 0.05) is 18.5 Å². The molecule has 0 saturated heterocycles. The van der Waals surface area contributed by atoms with Crippen molar-refractivity contribution in [2.75, 3.05) is 13.1 Å². The molecule has 2 N–H and O–H groups in total. The Labute approximate surface area is 98.7 Å². The number of aliphatic hydroxyl groups excluding tert-OH is 1. The maximum atomic E-state index is 9.46. The molecule has 1 rings (SSSR count). The minimum atomic E-state index is -0.230. The summed E-state index contributed by atoms with van der Waals surface area (Å²) in [7, 11) is 0. The van der Waals surface area contributed by atoms with Gasteiger partial charge >= 0.3 is 0 Å². The van der Waals surface area contributed by atoms with Gasteiger partial charge in [-0.3, -0.25) is 0 Å². The third-order valence-corrected chi connectivity index (χ3v) is 2.97. The van der Waals surface area contributed by atoms with Gasteiger partial charge in [0.25, 0.3) is 0 Å². The molecule has 0 spiro atoms. The van der Waals surface area contributed by atoms with E-state index in [2.05, 4.69) is 43.4 Å². The van der Waals surface area contributed by atoms with E-state index in [0.717, 1.165) is 13.0 Å². The Morgan fingerprint density at radius 1 is 1.25 bits per heavy atom. The number of benzene rings is 1. The molecular formula is C14H23NO. The van der Waals surface area contributed by atoms with E-state index in [1.54, 1.807) is 0 Å². The Kier molecular flexibility index (Phi) is 4.97. The second-order valence-corrected chi connectivity index (χ2v) is 4.94. The number of rotatable bonds is 6. The van der Waals surface area contributed by atoms with E-state index < -0.39 is 0 Å². The molecule has 16 heavy (non-hydrogen) atoms. The summed E-state index contributed by atoms with van der Waals surface area (Å²) >= 11 is 0. The van der Waals surface area contributed by atoms with E-state index >= 15 is 0 Å². The smallest absolute Gasteiger partial charge is 0.0662 e. The fourth-order valence-electron chi connectivity index (χ4n) is 1.69. The molecule has 0 amide bonds. The summed E-state index contributed by atoms with van der Waals surface area (Å²) in [4.78, 5) is 0. The van der Waals surface area contributed by atoms with Crippen LogP contribution in [0.25, 0.3) is 0 Å².